The molecule has 0 aromatic carbocycles. The molecule has 120 valence electrons. The Morgan fingerprint density at radius 1 is 1.30 bits per heavy atom. The van der Waals surface area contributed by atoms with E-state index in [1.807, 2.05) is 6.92 Å². The predicted octanol–water partition coefficient (Wildman–Crippen LogP) is -2.30. The van der Waals surface area contributed by atoms with Crippen LogP contribution in [-0.2, 0) is 9.53 Å². The van der Waals surface area contributed by atoms with Crippen LogP contribution in [0.25, 0.3) is 0 Å². The van der Waals surface area contributed by atoms with Crippen LogP contribution < -0.4 is 5.32 Å². The SMILES string of the molecule is CC(=O)N[C@H]1C(O)O[C@H](CO)[C@@H](O)[C@@H]1O.CCC(C)O. The molecule has 0 spiro atoms. The summed E-state index contributed by atoms with van der Waals surface area (Å²) in [6.07, 6.45) is -4.50. The zero-order valence-electron chi connectivity index (χ0n) is 11.9. The van der Waals surface area contributed by atoms with Crippen molar-refractivity contribution < 1.29 is 35.1 Å². The van der Waals surface area contributed by atoms with Crippen LogP contribution in [0.1, 0.15) is 27.2 Å². The maximum Gasteiger partial charge on any atom is 0.217 e. The first-order valence-corrected chi connectivity index (χ1v) is 6.50. The van der Waals surface area contributed by atoms with Crippen LogP contribution in [0.2, 0.25) is 0 Å². The van der Waals surface area contributed by atoms with Gasteiger partial charge < -0.3 is 35.6 Å². The number of carbonyl (C=O) groups is 1. The fraction of sp³-hybridized carbons (Fsp3) is 0.917. The highest BCUT2D eigenvalue weighted by Gasteiger charge is 2.43. The molecule has 0 saturated carbocycles. The van der Waals surface area contributed by atoms with Crippen molar-refractivity contribution in [2.45, 2.75) is 63.9 Å². The van der Waals surface area contributed by atoms with Gasteiger partial charge in [0.15, 0.2) is 6.29 Å². The van der Waals surface area contributed by atoms with Crippen LogP contribution in [0.5, 0.6) is 0 Å². The molecule has 1 amide bonds. The van der Waals surface area contributed by atoms with Crippen molar-refractivity contribution in [3.8, 4) is 0 Å². The van der Waals surface area contributed by atoms with Gasteiger partial charge in [-0.25, -0.2) is 0 Å². The number of nitrogens with one attached hydrogen (secondary N) is 1. The molecule has 8 heteroatoms. The van der Waals surface area contributed by atoms with E-state index in [0.717, 1.165) is 6.42 Å². The lowest BCUT2D eigenvalue weighted by molar-refractivity contribution is -0.253. The second kappa shape index (κ2) is 9.22. The molecule has 1 fully saturated rings. The van der Waals surface area contributed by atoms with Crippen molar-refractivity contribution in [3.63, 3.8) is 0 Å². The smallest absolute Gasteiger partial charge is 0.217 e. The summed E-state index contributed by atoms with van der Waals surface area (Å²) in [5.74, 6) is -0.462. The number of rotatable bonds is 3. The molecule has 6 N–H and O–H groups in total. The third kappa shape index (κ3) is 6.12. The van der Waals surface area contributed by atoms with E-state index < -0.39 is 43.2 Å². The van der Waals surface area contributed by atoms with Crippen molar-refractivity contribution in [2.24, 2.45) is 0 Å². The van der Waals surface area contributed by atoms with E-state index in [4.69, 9.17) is 14.9 Å². The van der Waals surface area contributed by atoms with Crippen molar-refractivity contribution >= 4 is 5.91 Å². The van der Waals surface area contributed by atoms with Crippen LogP contribution in [0.15, 0.2) is 0 Å². The van der Waals surface area contributed by atoms with E-state index >= 15 is 0 Å². The van der Waals surface area contributed by atoms with Crippen LogP contribution in [-0.4, -0.2) is 74.8 Å². The number of hydrogen-bond donors (Lipinski definition) is 6. The van der Waals surface area contributed by atoms with E-state index in [1.54, 1.807) is 6.92 Å². The fourth-order valence-corrected chi connectivity index (χ4v) is 1.49. The molecule has 1 rings (SSSR count). The standard InChI is InChI=1S/C8H15NO6.C4H10O/c1-3(11)9-5-7(13)6(12)4(2-10)15-8(5)14;1-3-4(2)5/h4-8,10,12-14H,2H2,1H3,(H,9,11);4-5H,3H2,1-2H3/t4-,5-,6-,7-,8?;/m1./s1. The number of amides is 1. The van der Waals surface area contributed by atoms with Gasteiger partial charge in [-0.15, -0.1) is 0 Å². The molecule has 2 unspecified atom stereocenters. The van der Waals surface area contributed by atoms with Crippen LogP contribution in [0, 0.1) is 0 Å². The summed E-state index contributed by atoms with van der Waals surface area (Å²) in [5, 5.41) is 47.8. The normalized spacial score (nSPS) is 34.7. The molecule has 8 nitrogen and oxygen atoms in total. The zero-order chi connectivity index (χ0) is 15.9. The highest BCUT2D eigenvalue weighted by molar-refractivity contribution is 5.73. The van der Waals surface area contributed by atoms with Gasteiger partial charge in [-0.3, -0.25) is 4.79 Å². The topological polar surface area (TPSA) is 139 Å². The Bertz CT molecular complexity index is 287. The fourth-order valence-electron chi connectivity index (χ4n) is 1.49. The first kappa shape index (κ1) is 19.2. The number of hydrogen-bond acceptors (Lipinski definition) is 7. The molecule has 0 aromatic heterocycles. The molecule has 0 radical (unpaired) electrons. The minimum atomic E-state index is -1.45. The van der Waals surface area contributed by atoms with Gasteiger partial charge in [0.2, 0.25) is 5.91 Å². The van der Waals surface area contributed by atoms with Crippen LogP contribution in [0.3, 0.4) is 0 Å². The molecule has 1 saturated heterocycles. The molecule has 1 aliphatic rings. The lowest BCUT2D eigenvalue weighted by Gasteiger charge is -2.40. The molecule has 0 aromatic rings. The molecule has 0 bridgehead atoms. The Balaban J connectivity index is 0.000000621. The maximum absolute atomic E-state index is 10.7. The minimum Gasteiger partial charge on any atom is -0.394 e. The summed E-state index contributed by atoms with van der Waals surface area (Å²) in [5.41, 5.74) is 0. The van der Waals surface area contributed by atoms with Gasteiger partial charge >= 0.3 is 0 Å². The summed E-state index contributed by atoms with van der Waals surface area (Å²) < 4.78 is 4.81. The van der Waals surface area contributed by atoms with E-state index in [1.165, 1.54) is 6.92 Å². The summed E-state index contributed by atoms with van der Waals surface area (Å²) in [4.78, 5) is 10.7. The third-order valence-corrected chi connectivity index (χ3v) is 2.86. The molecular weight excluding hydrogens is 270 g/mol. The Hall–Kier alpha value is -0.770. The Morgan fingerprint density at radius 3 is 2.15 bits per heavy atom. The first-order chi connectivity index (χ1) is 9.24. The van der Waals surface area contributed by atoms with Crippen LogP contribution >= 0.6 is 0 Å². The van der Waals surface area contributed by atoms with Crippen molar-refractivity contribution in [1.82, 2.24) is 5.32 Å². The van der Waals surface area contributed by atoms with Crippen molar-refractivity contribution in [3.05, 3.63) is 0 Å². The Kier molecular flexibility index (Phi) is 8.86. The largest absolute Gasteiger partial charge is 0.394 e. The Morgan fingerprint density at radius 2 is 1.80 bits per heavy atom. The highest BCUT2D eigenvalue weighted by atomic mass is 16.6. The van der Waals surface area contributed by atoms with Gasteiger partial charge in [-0.1, -0.05) is 6.92 Å². The molecule has 6 atom stereocenters. The second-order valence-electron chi connectivity index (χ2n) is 4.71. The van der Waals surface area contributed by atoms with E-state index in [9.17, 15) is 20.1 Å². The molecule has 1 heterocycles. The van der Waals surface area contributed by atoms with Gasteiger partial charge in [-0.2, -0.15) is 0 Å². The average Bonchev–Trinajstić information content (AvgIpc) is 2.39. The summed E-state index contributed by atoms with van der Waals surface area (Å²) in [6, 6.07) is -1.10. The average molecular weight is 295 g/mol. The number of ether oxygens (including phenoxy) is 1. The second-order valence-corrected chi connectivity index (χ2v) is 4.71. The number of aliphatic hydroxyl groups is 5. The molecular formula is C12H25NO7. The minimum absolute atomic E-state index is 0.116. The van der Waals surface area contributed by atoms with Crippen LogP contribution in [0.4, 0.5) is 0 Å². The third-order valence-electron chi connectivity index (χ3n) is 2.86. The summed E-state index contributed by atoms with van der Waals surface area (Å²) in [7, 11) is 0. The molecule has 1 aliphatic heterocycles. The van der Waals surface area contributed by atoms with Crippen molar-refractivity contribution in [2.75, 3.05) is 6.61 Å². The summed E-state index contributed by atoms with van der Waals surface area (Å²) >= 11 is 0. The van der Waals surface area contributed by atoms with E-state index in [0.29, 0.717) is 0 Å². The van der Waals surface area contributed by atoms with Gasteiger partial charge in [0.05, 0.1) is 12.7 Å². The Labute approximate surface area is 118 Å². The van der Waals surface area contributed by atoms with Gasteiger partial charge in [0.25, 0.3) is 0 Å². The van der Waals surface area contributed by atoms with E-state index in [-0.39, 0.29) is 6.10 Å². The highest BCUT2D eigenvalue weighted by Crippen LogP contribution is 2.19. The van der Waals surface area contributed by atoms with Gasteiger partial charge in [0.1, 0.15) is 24.4 Å². The zero-order valence-corrected chi connectivity index (χ0v) is 11.9. The van der Waals surface area contributed by atoms with Crippen molar-refractivity contribution in [1.29, 1.82) is 0 Å². The first-order valence-electron chi connectivity index (χ1n) is 6.50. The lowest BCUT2D eigenvalue weighted by atomic mass is 9.97. The lowest BCUT2D eigenvalue weighted by Crippen LogP contribution is -2.63. The number of carbonyl (C=O) groups excluding carboxylic acids is 1. The molecule has 20 heavy (non-hydrogen) atoms. The predicted molar refractivity (Wildman–Crippen MR) is 69.6 cm³/mol. The number of aliphatic hydroxyl groups excluding tert-OH is 5. The maximum atomic E-state index is 10.7. The van der Waals surface area contributed by atoms with E-state index in [2.05, 4.69) is 5.32 Å². The molecule has 0 aliphatic carbocycles. The van der Waals surface area contributed by atoms with Gasteiger partial charge in [0, 0.05) is 6.92 Å². The quantitative estimate of drug-likeness (QED) is 0.344. The van der Waals surface area contributed by atoms with Gasteiger partial charge in [-0.05, 0) is 13.3 Å². The summed E-state index contributed by atoms with van der Waals surface area (Å²) in [6.45, 7) is 4.41. The monoisotopic (exact) mass is 295 g/mol.